The van der Waals surface area contributed by atoms with Gasteiger partial charge in [0, 0.05) is 18.8 Å². The van der Waals surface area contributed by atoms with E-state index >= 15 is 0 Å². The van der Waals surface area contributed by atoms with Crippen LogP contribution in [0, 0.1) is 5.92 Å². The highest BCUT2D eigenvalue weighted by atomic mass is 16.7. The molecule has 1 aromatic carbocycles. The number of ether oxygens (including phenoxy) is 3. The van der Waals surface area contributed by atoms with Gasteiger partial charge in [0.2, 0.25) is 0 Å². The fourth-order valence-electron chi connectivity index (χ4n) is 3.55. The van der Waals surface area contributed by atoms with Gasteiger partial charge in [-0.3, -0.25) is 0 Å². The van der Waals surface area contributed by atoms with Crippen LogP contribution in [0.4, 0.5) is 0 Å². The highest BCUT2D eigenvalue weighted by molar-refractivity contribution is 5.13. The Hall–Kier alpha value is -1.20. The van der Waals surface area contributed by atoms with Crippen LogP contribution in [-0.4, -0.2) is 36.8 Å². The van der Waals surface area contributed by atoms with Crippen molar-refractivity contribution in [3.8, 4) is 0 Å². The molecule has 24 heavy (non-hydrogen) atoms. The molecule has 1 aliphatic carbocycles. The van der Waals surface area contributed by atoms with E-state index in [4.69, 9.17) is 19.3 Å². The van der Waals surface area contributed by atoms with Crippen molar-refractivity contribution >= 4 is 0 Å². The maximum Gasteiger partial charge on any atom is 0.168 e. The molecule has 1 aliphatic heterocycles. The van der Waals surface area contributed by atoms with Gasteiger partial charge >= 0.3 is 0 Å². The summed E-state index contributed by atoms with van der Waals surface area (Å²) in [5.41, 5.74) is 1.16. The van der Waals surface area contributed by atoms with Gasteiger partial charge in [-0.15, -0.1) is 0 Å². The van der Waals surface area contributed by atoms with Gasteiger partial charge in [0.05, 0.1) is 32.5 Å². The molecule has 132 valence electrons. The topological polar surface area (TPSA) is 47.9 Å². The maximum atomic E-state index is 9.10. The lowest BCUT2D eigenvalue weighted by Crippen LogP contribution is -2.35. The lowest BCUT2D eigenvalue weighted by Gasteiger charge is -2.32. The van der Waals surface area contributed by atoms with Gasteiger partial charge in [0.1, 0.15) is 0 Å². The minimum atomic E-state index is -0.367. The fourth-order valence-corrected chi connectivity index (χ4v) is 3.55. The second-order valence-electron chi connectivity index (χ2n) is 6.71. The molecule has 2 atom stereocenters. The third-order valence-electron chi connectivity index (χ3n) is 4.88. The van der Waals surface area contributed by atoms with E-state index in [9.17, 15) is 0 Å². The molecule has 4 nitrogen and oxygen atoms in total. The summed E-state index contributed by atoms with van der Waals surface area (Å²) in [6.45, 7) is 1.79. The Balaban J connectivity index is 1.54. The van der Waals surface area contributed by atoms with Gasteiger partial charge in [-0.1, -0.05) is 48.9 Å². The van der Waals surface area contributed by atoms with Crippen molar-refractivity contribution in [3.05, 3.63) is 48.0 Å². The zero-order valence-corrected chi connectivity index (χ0v) is 14.2. The molecule has 2 fully saturated rings. The van der Waals surface area contributed by atoms with Crippen molar-refractivity contribution in [2.24, 2.45) is 5.92 Å². The van der Waals surface area contributed by atoms with E-state index in [1.54, 1.807) is 6.08 Å². The molecule has 1 spiro atoms. The van der Waals surface area contributed by atoms with E-state index in [1.807, 2.05) is 24.3 Å². The van der Waals surface area contributed by atoms with Crippen molar-refractivity contribution < 1.29 is 19.3 Å². The summed E-state index contributed by atoms with van der Waals surface area (Å²) in [6.07, 6.45) is 9.37. The molecule has 0 aromatic heterocycles. The van der Waals surface area contributed by atoms with Gasteiger partial charge in [-0.25, -0.2) is 0 Å². The molecule has 0 amide bonds. The Kier molecular flexibility index (Phi) is 6.44. The number of rotatable bonds is 7. The van der Waals surface area contributed by atoms with Gasteiger partial charge in [-0.05, 0) is 18.4 Å². The Morgan fingerprint density at radius 1 is 1.21 bits per heavy atom. The van der Waals surface area contributed by atoms with Crippen molar-refractivity contribution in [2.75, 3.05) is 19.8 Å². The summed E-state index contributed by atoms with van der Waals surface area (Å²) in [7, 11) is 0. The first-order valence-corrected chi connectivity index (χ1v) is 9.02. The lowest BCUT2D eigenvalue weighted by atomic mass is 9.94. The first-order chi connectivity index (χ1) is 11.8. The van der Waals surface area contributed by atoms with Crippen LogP contribution in [0.25, 0.3) is 0 Å². The molecule has 0 radical (unpaired) electrons. The molecular formula is C20H28O4. The molecule has 4 heteroatoms. The Morgan fingerprint density at radius 2 is 2.00 bits per heavy atom. The summed E-state index contributed by atoms with van der Waals surface area (Å²) in [5, 5.41) is 9.10. The third kappa shape index (κ3) is 4.67. The Labute approximate surface area is 144 Å². The van der Waals surface area contributed by atoms with E-state index in [0.29, 0.717) is 19.8 Å². The second kappa shape index (κ2) is 8.77. The standard InChI is InChI=1S/C20H28O4/c21-13-7-10-18(15-22-14-17-8-3-1-4-9-17)19-16-23-20(24-19)11-5-2-6-12-20/h1,3-4,7-10,18-19,21H,2,5-6,11-16H2/b10-7+/t18-,19-/m1/s1. The van der Waals surface area contributed by atoms with Gasteiger partial charge in [0.15, 0.2) is 5.79 Å². The van der Waals surface area contributed by atoms with Crippen molar-refractivity contribution in [3.63, 3.8) is 0 Å². The van der Waals surface area contributed by atoms with Crippen molar-refractivity contribution in [1.29, 1.82) is 0 Å². The summed E-state index contributed by atoms with van der Waals surface area (Å²) in [4.78, 5) is 0. The van der Waals surface area contributed by atoms with Crippen LogP contribution in [0.3, 0.4) is 0 Å². The molecule has 2 aliphatic rings. The summed E-state index contributed by atoms with van der Waals surface area (Å²) in [5.74, 6) is -0.268. The van der Waals surface area contributed by atoms with Crippen LogP contribution in [0.15, 0.2) is 42.5 Å². The van der Waals surface area contributed by atoms with Gasteiger partial charge in [0.25, 0.3) is 0 Å². The zero-order valence-electron chi connectivity index (χ0n) is 14.2. The van der Waals surface area contributed by atoms with Crippen molar-refractivity contribution in [2.45, 2.75) is 50.6 Å². The average molecular weight is 332 g/mol. The smallest absolute Gasteiger partial charge is 0.168 e. The Bertz CT molecular complexity index is 508. The number of aliphatic hydroxyl groups is 1. The van der Waals surface area contributed by atoms with E-state index in [-0.39, 0.29) is 24.4 Å². The summed E-state index contributed by atoms with van der Waals surface area (Å²) >= 11 is 0. The lowest BCUT2D eigenvalue weighted by molar-refractivity contribution is -0.191. The normalized spacial score (nSPS) is 24.6. The monoisotopic (exact) mass is 332 g/mol. The molecule has 1 saturated carbocycles. The largest absolute Gasteiger partial charge is 0.392 e. The number of benzene rings is 1. The van der Waals surface area contributed by atoms with Crippen LogP contribution in [0.2, 0.25) is 0 Å². The molecule has 1 saturated heterocycles. The number of hydrogen-bond donors (Lipinski definition) is 1. The van der Waals surface area contributed by atoms with Crippen LogP contribution >= 0.6 is 0 Å². The maximum absolute atomic E-state index is 9.10. The molecule has 3 rings (SSSR count). The molecule has 1 heterocycles. The highest BCUT2D eigenvalue weighted by Crippen LogP contribution is 2.39. The quantitative estimate of drug-likeness (QED) is 0.777. The Morgan fingerprint density at radius 3 is 2.75 bits per heavy atom. The summed E-state index contributed by atoms with van der Waals surface area (Å²) in [6, 6.07) is 10.2. The predicted octanol–water partition coefficient (Wildman–Crippen LogP) is 3.44. The molecule has 1 N–H and O–H groups in total. The molecule has 1 aromatic rings. The molecule has 0 unspecified atom stereocenters. The zero-order chi connectivity index (χ0) is 16.7. The van der Waals surface area contributed by atoms with E-state index in [1.165, 1.54) is 19.3 Å². The van der Waals surface area contributed by atoms with Gasteiger partial charge < -0.3 is 19.3 Å². The SMILES string of the molecule is OC/C=C/[C@H](COCc1ccccc1)[C@H]1COC2(CCCCC2)O1. The van der Waals surface area contributed by atoms with E-state index in [2.05, 4.69) is 12.1 Å². The highest BCUT2D eigenvalue weighted by Gasteiger charge is 2.44. The fraction of sp³-hybridized carbons (Fsp3) is 0.600. The first kappa shape index (κ1) is 17.6. The number of hydrogen-bond acceptors (Lipinski definition) is 4. The summed E-state index contributed by atoms with van der Waals surface area (Å²) < 4.78 is 18.3. The van der Waals surface area contributed by atoms with Gasteiger partial charge in [-0.2, -0.15) is 0 Å². The second-order valence-corrected chi connectivity index (χ2v) is 6.71. The predicted molar refractivity (Wildman–Crippen MR) is 92.5 cm³/mol. The van der Waals surface area contributed by atoms with E-state index in [0.717, 1.165) is 18.4 Å². The average Bonchev–Trinajstić information content (AvgIpc) is 3.02. The minimum absolute atomic E-state index is 0.00155. The minimum Gasteiger partial charge on any atom is -0.392 e. The van der Waals surface area contributed by atoms with Crippen LogP contribution in [0.5, 0.6) is 0 Å². The van der Waals surface area contributed by atoms with Crippen LogP contribution in [-0.2, 0) is 20.8 Å². The van der Waals surface area contributed by atoms with Crippen LogP contribution in [0.1, 0.15) is 37.7 Å². The molecular weight excluding hydrogens is 304 g/mol. The third-order valence-corrected chi connectivity index (χ3v) is 4.88. The molecule has 0 bridgehead atoms. The number of aliphatic hydroxyl groups excluding tert-OH is 1. The first-order valence-electron chi connectivity index (χ1n) is 9.02. The van der Waals surface area contributed by atoms with E-state index < -0.39 is 0 Å². The van der Waals surface area contributed by atoms with Crippen molar-refractivity contribution in [1.82, 2.24) is 0 Å². The van der Waals surface area contributed by atoms with Crippen LogP contribution < -0.4 is 0 Å².